The molecule has 0 unspecified atom stereocenters. The minimum atomic E-state index is 1.10. The maximum absolute atomic E-state index is 2.42. The molecule has 0 fully saturated rings. The fourth-order valence-corrected chi connectivity index (χ4v) is 3.42. The van der Waals surface area contributed by atoms with Crippen molar-refractivity contribution in [2.75, 3.05) is 0 Å². The van der Waals surface area contributed by atoms with E-state index in [1.54, 1.807) is 0 Å². The minimum absolute atomic E-state index is 1.10. The molecular weight excluding hydrogens is 216 g/mol. The van der Waals surface area contributed by atoms with Crippen LogP contribution in [-0.2, 0) is 12.8 Å². The zero-order chi connectivity index (χ0) is 12.1. The smallest absolute Gasteiger partial charge is 0.00672 e. The highest BCUT2D eigenvalue weighted by atomic mass is 14.2. The van der Waals surface area contributed by atoms with Crippen LogP contribution in [0, 0.1) is 0 Å². The SMILES string of the molecule is CCc1cc2cccc3c2c2c1C=CCC2=CC3. The lowest BCUT2D eigenvalue weighted by Gasteiger charge is -2.25. The van der Waals surface area contributed by atoms with Gasteiger partial charge in [-0.2, -0.15) is 0 Å². The Morgan fingerprint density at radius 2 is 2.11 bits per heavy atom. The third-order valence-corrected chi connectivity index (χ3v) is 4.27. The van der Waals surface area contributed by atoms with Crippen LogP contribution in [-0.4, -0.2) is 0 Å². The van der Waals surface area contributed by atoms with Crippen molar-refractivity contribution in [2.45, 2.75) is 26.2 Å². The van der Waals surface area contributed by atoms with E-state index >= 15 is 0 Å². The lowest BCUT2D eigenvalue weighted by molar-refractivity contribution is 1.12. The monoisotopic (exact) mass is 232 g/mol. The molecule has 4 rings (SSSR count). The molecule has 0 amide bonds. The van der Waals surface area contributed by atoms with E-state index in [4.69, 9.17) is 0 Å². The first-order chi connectivity index (χ1) is 8.88. The summed E-state index contributed by atoms with van der Waals surface area (Å²) in [6.45, 7) is 2.25. The standard InChI is InChI=1S/C18H16/c1-2-12-11-15-7-3-5-13-9-10-14-6-4-8-16(12)18(14)17(13)15/h3-5,7-8,10-11H,2,6,9H2,1H3. The Balaban J connectivity index is 2.24. The first-order valence-corrected chi connectivity index (χ1v) is 6.82. The Morgan fingerprint density at radius 3 is 3.00 bits per heavy atom. The van der Waals surface area contributed by atoms with Gasteiger partial charge in [0.25, 0.3) is 0 Å². The molecule has 0 aromatic heterocycles. The van der Waals surface area contributed by atoms with Gasteiger partial charge in [-0.1, -0.05) is 49.4 Å². The van der Waals surface area contributed by atoms with E-state index in [0.717, 1.165) is 19.3 Å². The van der Waals surface area contributed by atoms with Crippen molar-refractivity contribution in [2.24, 2.45) is 0 Å². The molecule has 0 atom stereocenters. The first kappa shape index (κ1) is 10.1. The number of benzene rings is 2. The number of allylic oxidation sites excluding steroid dienone is 3. The molecule has 2 aromatic carbocycles. The molecule has 0 heterocycles. The topological polar surface area (TPSA) is 0 Å². The third kappa shape index (κ3) is 1.21. The predicted molar refractivity (Wildman–Crippen MR) is 78.7 cm³/mol. The zero-order valence-electron chi connectivity index (χ0n) is 10.7. The highest BCUT2D eigenvalue weighted by Crippen LogP contribution is 2.41. The van der Waals surface area contributed by atoms with Crippen molar-refractivity contribution in [3.63, 3.8) is 0 Å². The molecule has 0 saturated heterocycles. The highest BCUT2D eigenvalue weighted by molar-refractivity contribution is 6.03. The van der Waals surface area contributed by atoms with Crippen LogP contribution in [0.2, 0.25) is 0 Å². The van der Waals surface area contributed by atoms with Gasteiger partial charge in [0.15, 0.2) is 0 Å². The van der Waals surface area contributed by atoms with Crippen LogP contribution in [0.5, 0.6) is 0 Å². The van der Waals surface area contributed by atoms with Crippen molar-refractivity contribution in [1.82, 2.24) is 0 Å². The molecule has 0 radical (unpaired) electrons. The Kier molecular flexibility index (Phi) is 2.02. The van der Waals surface area contributed by atoms with E-state index in [0.29, 0.717) is 0 Å². The number of hydrogen-bond donors (Lipinski definition) is 0. The van der Waals surface area contributed by atoms with E-state index in [1.807, 2.05) is 0 Å². The van der Waals surface area contributed by atoms with Gasteiger partial charge in [0.05, 0.1) is 0 Å². The van der Waals surface area contributed by atoms with Crippen molar-refractivity contribution >= 4 is 22.4 Å². The van der Waals surface area contributed by atoms with Crippen LogP contribution in [0.3, 0.4) is 0 Å². The fraction of sp³-hybridized carbons (Fsp3) is 0.222. The summed E-state index contributed by atoms with van der Waals surface area (Å²) in [6.07, 6.45) is 10.4. The third-order valence-electron chi connectivity index (χ3n) is 4.27. The van der Waals surface area contributed by atoms with Crippen LogP contribution >= 0.6 is 0 Å². The van der Waals surface area contributed by atoms with Crippen LogP contribution in [0.1, 0.15) is 35.6 Å². The molecule has 0 heteroatoms. The van der Waals surface area contributed by atoms with Crippen LogP contribution < -0.4 is 0 Å². The molecule has 0 saturated carbocycles. The Labute approximate surface area is 108 Å². The van der Waals surface area contributed by atoms with Gasteiger partial charge in [-0.25, -0.2) is 0 Å². The van der Waals surface area contributed by atoms with Crippen LogP contribution in [0.4, 0.5) is 0 Å². The largest absolute Gasteiger partial charge is 0.0795 e. The lowest BCUT2D eigenvalue weighted by Crippen LogP contribution is -2.05. The van der Waals surface area contributed by atoms with E-state index in [-0.39, 0.29) is 0 Å². The highest BCUT2D eigenvalue weighted by Gasteiger charge is 2.21. The normalized spacial score (nSPS) is 15.9. The summed E-state index contributed by atoms with van der Waals surface area (Å²) >= 11 is 0. The van der Waals surface area contributed by atoms with Gasteiger partial charge in [-0.05, 0) is 57.9 Å². The van der Waals surface area contributed by atoms with Crippen molar-refractivity contribution < 1.29 is 0 Å². The quantitative estimate of drug-likeness (QED) is 0.665. The molecule has 18 heavy (non-hydrogen) atoms. The van der Waals surface area contributed by atoms with Crippen LogP contribution in [0.25, 0.3) is 22.4 Å². The van der Waals surface area contributed by atoms with E-state index in [2.05, 4.69) is 49.4 Å². The minimum Gasteiger partial charge on any atom is -0.0795 e. The molecule has 0 N–H and O–H groups in total. The molecule has 0 nitrogen and oxygen atoms in total. The molecule has 2 aliphatic carbocycles. The summed E-state index contributed by atoms with van der Waals surface area (Å²) < 4.78 is 0. The molecule has 0 aliphatic heterocycles. The summed E-state index contributed by atoms with van der Waals surface area (Å²) in [5, 5.41) is 2.93. The summed E-state index contributed by atoms with van der Waals surface area (Å²) in [4.78, 5) is 0. The Morgan fingerprint density at radius 1 is 1.17 bits per heavy atom. The van der Waals surface area contributed by atoms with Gasteiger partial charge in [0.2, 0.25) is 0 Å². The molecule has 2 aliphatic rings. The van der Waals surface area contributed by atoms with E-state index < -0.39 is 0 Å². The van der Waals surface area contributed by atoms with Gasteiger partial charge in [-0.15, -0.1) is 0 Å². The van der Waals surface area contributed by atoms with Gasteiger partial charge in [-0.3, -0.25) is 0 Å². The van der Waals surface area contributed by atoms with Gasteiger partial charge < -0.3 is 0 Å². The van der Waals surface area contributed by atoms with Gasteiger partial charge in [0.1, 0.15) is 0 Å². The van der Waals surface area contributed by atoms with E-state index in [9.17, 15) is 0 Å². The first-order valence-electron chi connectivity index (χ1n) is 6.82. The zero-order valence-corrected chi connectivity index (χ0v) is 10.7. The molecular formula is C18H16. The lowest BCUT2D eigenvalue weighted by atomic mass is 9.79. The second kappa shape index (κ2) is 3.58. The number of rotatable bonds is 1. The van der Waals surface area contributed by atoms with Crippen molar-refractivity contribution in [1.29, 1.82) is 0 Å². The number of hydrogen-bond acceptors (Lipinski definition) is 0. The maximum Gasteiger partial charge on any atom is -0.00672 e. The fourth-order valence-electron chi connectivity index (χ4n) is 3.42. The Bertz CT molecular complexity index is 714. The predicted octanol–water partition coefficient (Wildman–Crippen LogP) is 4.76. The average Bonchev–Trinajstić information content (AvgIpc) is 2.44. The molecule has 2 aromatic rings. The summed E-state index contributed by atoms with van der Waals surface area (Å²) in [6, 6.07) is 9.12. The van der Waals surface area contributed by atoms with Gasteiger partial charge >= 0.3 is 0 Å². The summed E-state index contributed by atoms with van der Waals surface area (Å²) in [5.74, 6) is 0. The second-order valence-electron chi connectivity index (χ2n) is 5.23. The maximum atomic E-state index is 2.42. The average molecular weight is 232 g/mol. The van der Waals surface area contributed by atoms with Crippen LogP contribution in [0.15, 0.2) is 36.4 Å². The number of aryl methyl sites for hydroxylation is 1. The Hall–Kier alpha value is -1.82. The summed E-state index contributed by atoms with van der Waals surface area (Å²) in [5.41, 5.74) is 7.50. The van der Waals surface area contributed by atoms with Crippen molar-refractivity contribution in [3.8, 4) is 0 Å². The summed E-state index contributed by atoms with van der Waals surface area (Å²) in [7, 11) is 0. The molecule has 0 spiro atoms. The van der Waals surface area contributed by atoms with E-state index in [1.165, 1.54) is 38.6 Å². The van der Waals surface area contributed by atoms with Gasteiger partial charge in [0, 0.05) is 0 Å². The molecule has 0 bridgehead atoms. The molecule has 88 valence electrons. The van der Waals surface area contributed by atoms with Crippen molar-refractivity contribution in [3.05, 3.63) is 58.7 Å². The second-order valence-corrected chi connectivity index (χ2v) is 5.23.